The van der Waals surface area contributed by atoms with E-state index >= 15 is 0 Å². The Morgan fingerprint density at radius 1 is 1.24 bits per heavy atom. The second-order valence-corrected chi connectivity index (χ2v) is 6.57. The fourth-order valence-corrected chi connectivity index (χ4v) is 3.66. The molecule has 1 aromatic carbocycles. The summed E-state index contributed by atoms with van der Waals surface area (Å²) in [6, 6.07) is 6.51. The maximum absolute atomic E-state index is 13.2. The molecule has 1 amide bonds. The van der Waals surface area contributed by atoms with Gasteiger partial charge in [-0.25, -0.2) is 4.39 Å². The van der Waals surface area contributed by atoms with Crippen molar-refractivity contribution in [1.29, 1.82) is 0 Å². The van der Waals surface area contributed by atoms with Crippen molar-refractivity contribution in [3.8, 4) is 0 Å². The highest BCUT2D eigenvalue weighted by Crippen LogP contribution is 2.30. The van der Waals surface area contributed by atoms with Crippen LogP contribution in [0.4, 0.5) is 4.39 Å². The molecular formula is C20H25FN2O2. The molecule has 5 heteroatoms. The van der Waals surface area contributed by atoms with Crippen molar-refractivity contribution in [2.45, 2.75) is 39.2 Å². The Hall–Kier alpha value is -2.14. The van der Waals surface area contributed by atoms with Crippen molar-refractivity contribution in [3.05, 3.63) is 58.2 Å². The standard InChI is InChI=1S/C20H25FN2O2/c1-14-17-5-3-4-6-18(17)23(13-15-7-9-16(21)10-8-15)19(14)20(24)22-11-12-25-2/h7-10H,3-6,11-13H2,1-2H3,(H,22,24). The lowest BCUT2D eigenvalue weighted by Gasteiger charge is -2.17. The van der Waals surface area contributed by atoms with Crippen molar-refractivity contribution in [1.82, 2.24) is 9.88 Å². The molecule has 0 unspecified atom stereocenters. The van der Waals surface area contributed by atoms with Gasteiger partial charge < -0.3 is 14.6 Å². The third-order valence-electron chi connectivity index (χ3n) is 4.90. The number of benzene rings is 1. The van der Waals surface area contributed by atoms with Crippen LogP contribution in [0.5, 0.6) is 0 Å². The van der Waals surface area contributed by atoms with Gasteiger partial charge >= 0.3 is 0 Å². The number of nitrogens with zero attached hydrogens (tertiary/aromatic N) is 1. The van der Waals surface area contributed by atoms with Crippen LogP contribution in [0, 0.1) is 12.7 Å². The summed E-state index contributed by atoms with van der Waals surface area (Å²) in [5, 5.41) is 2.94. The number of rotatable bonds is 6. The number of aromatic nitrogens is 1. The maximum atomic E-state index is 13.2. The number of halogens is 1. The van der Waals surface area contributed by atoms with Crippen LogP contribution in [0.25, 0.3) is 0 Å². The summed E-state index contributed by atoms with van der Waals surface area (Å²) in [5.41, 5.74) is 5.37. The highest BCUT2D eigenvalue weighted by molar-refractivity contribution is 5.95. The molecular weight excluding hydrogens is 319 g/mol. The van der Waals surface area contributed by atoms with Crippen molar-refractivity contribution in [2.24, 2.45) is 0 Å². The van der Waals surface area contributed by atoms with Gasteiger partial charge in [-0.3, -0.25) is 4.79 Å². The van der Waals surface area contributed by atoms with Gasteiger partial charge in [0.1, 0.15) is 11.5 Å². The van der Waals surface area contributed by atoms with Crippen molar-refractivity contribution < 1.29 is 13.9 Å². The molecule has 0 bridgehead atoms. The minimum Gasteiger partial charge on any atom is -0.383 e. The van der Waals surface area contributed by atoms with Crippen LogP contribution in [0.3, 0.4) is 0 Å². The lowest BCUT2D eigenvalue weighted by molar-refractivity contribution is 0.0927. The van der Waals surface area contributed by atoms with Crippen molar-refractivity contribution >= 4 is 5.91 Å². The SMILES string of the molecule is COCCNC(=O)c1c(C)c2c(n1Cc1ccc(F)cc1)CCCC2. The number of hydrogen-bond donors (Lipinski definition) is 1. The number of hydrogen-bond acceptors (Lipinski definition) is 2. The molecule has 0 aliphatic heterocycles. The van der Waals surface area contributed by atoms with E-state index in [0.29, 0.717) is 19.7 Å². The third-order valence-corrected chi connectivity index (χ3v) is 4.90. The second kappa shape index (κ2) is 7.83. The molecule has 3 rings (SSSR count). The Morgan fingerprint density at radius 3 is 2.68 bits per heavy atom. The van der Waals surface area contributed by atoms with E-state index in [1.165, 1.54) is 29.8 Å². The van der Waals surface area contributed by atoms with Crippen LogP contribution < -0.4 is 5.32 Å². The number of nitrogens with one attached hydrogen (secondary N) is 1. The molecule has 134 valence electrons. The summed E-state index contributed by atoms with van der Waals surface area (Å²) in [4.78, 5) is 12.8. The van der Waals surface area contributed by atoms with Gasteiger partial charge in [-0.05, 0) is 61.4 Å². The molecule has 1 aliphatic carbocycles. The number of methoxy groups -OCH3 is 1. The van der Waals surface area contributed by atoms with Gasteiger partial charge in [0.15, 0.2) is 0 Å². The first-order chi connectivity index (χ1) is 12.1. The lowest BCUT2D eigenvalue weighted by Crippen LogP contribution is -2.30. The lowest BCUT2D eigenvalue weighted by atomic mass is 9.95. The molecule has 2 aromatic rings. The van der Waals surface area contributed by atoms with Gasteiger partial charge in [-0.2, -0.15) is 0 Å². The van der Waals surface area contributed by atoms with E-state index in [-0.39, 0.29) is 11.7 Å². The first-order valence-electron chi connectivity index (χ1n) is 8.84. The first-order valence-corrected chi connectivity index (χ1v) is 8.84. The Kier molecular flexibility index (Phi) is 5.53. The van der Waals surface area contributed by atoms with Gasteiger partial charge in [0.2, 0.25) is 0 Å². The minimum absolute atomic E-state index is 0.0638. The molecule has 25 heavy (non-hydrogen) atoms. The van der Waals surface area contributed by atoms with E-state index in [0.717, 1.165) is 36.1 Å². The van der Waals surface area contributed by atoms with E-state index in [4.69, 9.17) is 4.74 Å². The number of ether oxygens (including phenoxy) is 1. The summed E-state index contributed by atoms with van der Waals surface area (Å²) in [6.07, 6.45) is 4.32. The third kappa shape index (κ3) is 3.76. The topological polar surface area (TPSA) is 43.3 Å². The number of carbonyl (C=O) groups is 1. The van der Waals surface area contributed by atoms with Gasteiger partial charge in [0.05, 0.1) is 6.61 Å². The predicted octanol–water partition coefficient (Wildman–Crippen LogP) is 3.24. The molecule has 0 spiro atoms. The fraction of sp³-hybridized carbons (Fsp3) is 0.450. The summed E-state index contributed by atoms with van der Waals surface area (Å²) >= 11 is 0. The van der Waals surface area contributed by atoms with Gasteiger partial charge in [0.25, 0.3) is 5.91 Å². The summed E-state index contributed by atoms with van der Waals surface area (Å²) in [6.45, 7) is 3.60. The van der Waals surface area contributed by atoms with E-state index in [2.05, 4.69) is 9.88 Å². The Labute approximate surface area is 148 Å². The van der Waals surface area contributed by atoms with Crippen LogP contribution in [-0.2, 0) is 24.1 Å². The molecule has 0 saturated heterocycles. The highest BCUT2D eigenvalue weighted by Gasteiger charge is 2.26. The maximum Gasteiger partial charge on any atom is 0.268 e. The molecule has 1 aromatic heterocycles. The fourth-order valence-electron chi connectivity index (χ4n) is 3.66. The highest BCUT2D eigenvalue weighted by atomic mass is 19.1. The number of fused-ring (bicyclic) bond motifs is 1. The molecule has 0 radical (unpaired) electrons. The monoisotopic (exact) mass is 344 g/mol. The average Bonchev–Trinajstić information content (AvgIpc) is 2.90. The zero-order valence-electron chi connectivity index (χ0n) is 14.9. The largest absolute Gasteiger partial charge is 0.383 e. The Morgan fingerprint density at radius 2 is 1.96 bits per heavy atom. The zero-order chi connectivity index (χ0) is 17.8. The van der Waals surface area contributed by atoms with Crippen LogP contribution in [0.2, 0.25) is 0 Å². The zero-order valence-corrected chi connectivity index (χ0v) is 14.9. The smallest absolute Gasteiger partial charge is 0.268 e. The quantitative estimate of drug-likeness (QED) is 0.818. The van der Waals surface area contributed by atoms with Crippen LogP contribution in [0.15, 0.2) is 24.3 Å². The van der Waals surface area contributed by atoms with Gasteiger partial charge in [0, 0.05) is 25.9 Å². The molecule has 1 N–H and O–H groups in total. The first kappa shape index (κ1) is 17.7. The summed E-state index contributed by atoms with van der Waals surface area (Å²) < 4.78 is 20.3. The average molecular weight is 344 g/mol. The van der Waals surface area contributed by atoms with Crippen LogP contribution in [0.1, 0.15) is 45.7 Å². The van der Waals surface area contributed by atoms with E-state index < -0.39 is 0 Å². The normalized spacial score (nSPS) is 13.6. The van der Waals surface area contributed by atoms with Gasteiger partial charge in [-0.15, -0.1) is 0 Å². The number of amides is 1. The Balaban J connectivity index is 1.96. The van der Waals surface area contributed by atoms with Gasteiger partial charge in [-0.1, -0.05) is 12.1 Å². The van der Waals surface area contributed by atoms with Crippen LogP contribution in [-0.4, -0.2) is 30.7 Å². The molecule has 4 nitrogen and oxygen atoms in total. The predicted molar refractivity (Wildman–Crippen MR) is 95.5 cm³/mol. The second-order valence-electron chi connectivity index (χ2n) is 6.57. The molecule has 1 aliphatic rings. The molecule has 0 atom stereocenters. The Bertz CT molecular complexity index is 750. The van der Waals surface area contributed by atoms with E-state index in [9.17, 15) is 9.18 Å². The van der Waals surface area contributed by atoms with E-state index in [1.807, 2.05) is 6.92 Å². The van der Waals surface area contributed by atoms with Crippen LogP contribution >= 0.6 is 0 Å². The molecule has 0 fully saturated rings. The molecule has 0 saturated carbocycles. The number of carbonyl (C=O) groups excluding carboxylic acids is 1. The van der Waals surface area contributed by atoms with Crippen molar-refractivity contribution in [3.63, 3.8) is 0 Å². The van der Waals surface area contributed by atoms with Crippen molar-refractivity contribution in [2.75, 3.05) is 20.3 Å². The minimum atomic E-state index is -0.244. The summed E-state index contributed by atoms with van der Waals surface area (Å²) in [5.74, 6) is -0.307. The molecule has 1 heterocycles. The van der Waals surface area contributed by atoms with E-state index in [1.54, 1.807) is 19.2 Å². The summed E-state index contributed by atoms with van der Waals surface area (Å²) in [7, 11) is 1.62.